The zero-order valence-corrected chi connectivity index (χ0v) is 12.3. The molecule has 1 aromatic rings. The molecule has 0 aliphatic carbocycles. The highest BCUT2D eigenvalue weighted by molar-refractivity contribution is 5.94. The fourth-order valence-electron chi connectivity index (χ4n) is 2.28. The van der Waals surface area contributed by atoms with E-state index in [-0.39, 0.29) is 11.3 Å². The summed E-state index contributed by atoms with van der Waals surface area (Å²) in [5.74, 6) is -0.596. The number of rotatable bonds is 3. The third-order valence-electron chi connectivity index (χ3n) is 3.57. The Balaban J connectivity index is 2.56. The van der Waals surface area contributed by atoms with Crippen LogP contribution in [-0.4, -0.2) is 36.0 Å². The molecule has 1 aliphatic heterocycles. The van der Waals surface area contributed by atoms with Crippen LogP contribution in [0.15, 0.2) is 35.5 Å². The van der Waals surface area contributed by atoms with E-state index in [9.17, 15) is 19.7 Å². The van der Waals surface area contributed by atoms with E-state index in [1.807, 2.05) is 0 Å². The number of esters is 1. The Morgan fingerprint density at radius 3 is 2.73 bits per heavy atom. The molecule has 116 valence electrons. The average molecular weight is 305 g/mol. The molecule has 0 unspecified atom stereocenters. The van der Waals surface area contributed by atoms with E-state index in [0.717, 1.165) is 0 Å². The zero-order valence-electron chi connectivity index (χ0n) is 12.3. The number of nitro benzene ring substituents is 1. The lowest BCUT2D eigenvalue weighted by Gasteiger charge is -2.32. The van der Waals surface area contributed by atoms with Gasteiger partial charge in [-0.2, -0.15) is 0 Å². The van der Waals surface area contributed by atoms with Gasteiger partial charge >= 0.3 is 12.0 Å². The van der Waals surface area contributed by atoms with Crippen molar-refractivity contribution >= 4 is 17.7 Å². The minimum absolute atomic E-state index is 0.118. The maximum absolute atomic E-state index is 12.0. The molecule has 0 spiro atoms. The SMILES string of the molecule is COC(=O)C1=C(C)N(C)C(=O)N[C@H]1c1cccc([N+](=O)[O-])c1. The normalized spacial score (nSPS) is 18.0. The van der Waals surface area contributed by atoms with E-state index in [2.05, 4.69) is 5.32 Å². The molecular formula is C14H15N3O5. The standard InChI is InChI=1S/C14H15N3O5/c1-8-11(13(18)22-3)12(15-14(19)16(8)2)9-5-4-6-10(7-9)17(20)21/h4-7,12H,1-3H3,(H,15,19)/t12-/m0/s1. The van der Waals surface area contributed by atoms with E-state index in [1.54, 1.807) is 13.0 Å². The number of hydrogen-bond acceptors (Lipinski definition) is 5. The van der Waals surface area contributed by atoms with Gasteiger partial charge in [0.15, 0.2) is 0 Å². The van der Waals surface area contributed by atoms with E-state index < -0.39 is 23.0 Å². The lowest BCUT2D eigenvalue weighted by molar-refractivity contribution is -0.384. The van der Waals surface area contributed by atoms with Gasteiger partial charge in [-0.05, 0) is 12.5 Å². The van der Waals surface area contributed by atoms with Crippen molar-refractivity contribution in [2.75, 3.05) is 14.2 Å². The van der Waals surface area contributed by atoms with E-state index in [4.69, 9.17) is 4.74 Å². The summed E-state index contributed by atoms with van der Waals surface area (Å²) < 4.78 is 4.76. The Bertz CT molecular complexity index is 683. The Morgan fingerprint density at radius 2 is 2.14 bits per heavy atom. The average Bonchev–Trinajstić information content (AvgIpc) is 2.51. The molecule has 2 amide bonds. The summed E-state index contributed by atoms with van der Waals surface area (Å²) in [6.07, 6.45) is 0. The van der Waals surface area contributed by atoms with Crippen molar-refractivity contribution in [3.05, 3.63) is 51.2 Å². The van der Waals surface area contributed by atoms with E-state index >= 15 is 0 Å². The first-order valence-electron chi connectivity index (χ1n) is 6.44. The third kappa shape index (κ3) is 2.62. The maximum atomic E-state index is 12.0. The summed E-state index contributed by atoms with van der Waals surface area (Å²) >= 11 is 0. The molecule has 1 atom stereocenters. The number of nitrogens with one attached hydrogen (secondary N) is 1. The fourth-order valence-corrected chi connectivity index (χ4v) is 2.28. The van der Waals surface area contributed by atoms with Crippen molar-refractivity contribution < 1.29 is 19.2 Å². The predicted molar refractivity (Wildman–Crippen MR) is 76.8 cm³/mol. The van der Waals surface area contributed by atoms with Gasteiger partial charge in [-0.1, -0.05) is 12.1 Å². The van der Waals surface area contributed by atoms with Crippen LogP contribution in [0, 0.1) is 10.1 Å². The Hall–Kier alpha value is -2.90. The van der Waals surface area contributed by atoms with Gasteiger partial charge in [-0.15, -0.1) is 0 Å². The van der Waals surface area contributed by atoms with Gasteiger partial charge in [-0.3, -0.25) is 10.1 Å². The van der Waals surface area contributed by atoms with Gasteiger partial charge in [0.05, 0.1) is 23.6 Å². The number of hydrogen-bond donors (Lipinski definition) is 1. The highest BCUT2D eigenvalue weighted by Crippen LogP contribution is 2.31. The number of carbonyl (C=O) groups is 2. The molecule has 8 heteroatoms. The molecule has 22 heavy (non-hydrogen) atoms. The van der Waals surface area contributed by atoms with E-state index in [1.165, 1.54) is 37.3 Å². The summed E-state index contributed by atoms with van der Waals surface area (Å²) in [7, 11) is 2.76. The van der Waals surface area contributed by atoms with Crippen LogP contribution < -0.4 is 5.32 Å². The number of methoxy groups -OCH3 is 1. The number of allylic oxidation sites excluding steroid dienone is 1. The van der Waals surface area contributed by atoms with Crippen LogP contribution in [0.1, 0.15) is 18.5 Å². The molecule has 2 rings (SSSR count). The van der Waals surface area contributed by atoms with Gasteiger partial charge in [0.25, 0.3) is 5.69 Å². The second-order valence-corrected chi connectivity index (χ2v) is 4.78. The molecule has 0 saturated carbocycles. The Labute approximate surface area is 126 Å². The van der Waals surface area contributed by atoms with Crippen LogP contribution in [0.3, 0.4) is 0 Å². The van der Waals surface area contributed by atoms with E-state index in [0.29, 0.717) is 11.3 Å². The van der Waals surface area contributed by atoms with Crippen molar-refractivity contribution in [2.24, 2.45) is 0 Å². The second kappa shape index (κ2) is 5.84. The largest absolute Gasteiger partial charge is 0.466 e. The number of ether oxygens (including phenoxy) is 1. The first-order valence-corrected chi connectivity index (χ1v) is 6.44. The predicted octanol–water partition coefficient (Wildman–Crippen LogP) is 1.74. The van der Waals surface area contributed by atoms with Gasteiger partial charge in [0.2, 0.25) is 0 Å². The molecule has 8 nitrogen and oxygen atoms in total. The summed E-state index contributed by atoms with van der Waals surface area (Å²) in [4.78, 5) is 35.7. The van der Waals surface area contributed by atoms with Crippen LogP contribution in [0.4, 0.5) is 10.5 Å². The molecule has 0 saturated heterocycles. The topological polar surface area (TPSA) is 102 Å². The minimum Gasteiger partial charge on any atom is -0.466 e. The van der Waals surface area contributed by atoms with Gasteiger partial charge < -0.3 is 15.0 Å². The number of non-ortho nitro benzene ring substituents is 1. The van der Waals surface area contributed by atoms with Crippen molar-refractivity contribution in [3.8, 4) is 0 Å². The first-order chi connectivity index (χ1) is 10.4. The summed E-state index contributed by atoms with van der Waals surface area (Å²) in [5, 5.41) is 13.5. The Morgan fingerprint density at radius 1 is 1.45 bits per heavy atom. The zero-order chi connectivity index (χ0) is 16.4. The van der Waals surface area contributed by atoms with Crippen LogP contribution >= 0.6 is 0 Å². The van der Waals surface area contributed by atoms with Crippen LogP contribution in [0.25, 0.3) is 0 Å². The molecule has 1 heterocycles. The summed E-state index contributed by atoms with van der Waals surface area (Å²) in [6, 6.07) is 4.58. The van der Waals surface area contributed by atoms with Crippen LogP contribution in [0.5, 0.6) is 0 Å². The smallest absolute Gasteiger partial charge is 0.337 e. The molecule has 0 fully saturated rings. The van der Waals surface area contributed by atoms with Gasteiger partial charge in [-0.25, -0.2) is 9.59 Å². The number of nitro groups is 1. The van der Waals surface area contributed by atoms with Gasteiger partial charge in [0, 0.05) is 24.9 Å². The molecular weight excluding hydrogens is 290 g/mol. The monoisotopic (exact) mass is 305 g/mol. The second-order valence-electron chi connectivity index (χ2n) is 4.78. The van der Waals surface area contributed by atoms with Crippen LogP contribution in [0.2, 0.25) is 0 Å². The van der Waals surface area contributed by atoms with Crippen molar-refractivity contribution in [1.29, 1.82) is 0 Å². The number of benzene rings is 1. The fraction of sp³-hybridized carbons (Fsp3) is 0.286. The number of nitrogens with zero attached hydrogens (tertiary/aromatic N) is 2. The molecule has 1 aliphatic rings. The highest BCUT2D eigenvalue weighted by Gasteiger charge is 2.35. The lowest BCUT2D eigenvalue weighted by Crippen LogP contribution is -2.46. The molecule has 0 aromatic heterocycles. The number of carbonyl (C=O) groups excluding carboxylic acids is 2. The number of urea groups is 1. The highest BCUT2D eigenvalue weighted by atomic mass is 16.6. The molecule has 1 aromatic carbocycles. The Kier molecular flexibility index (Phi) is 4.11. The lowest BCUT2D eigenvalue weighted by atomic mass is 9.95. The molecule has 1 N–H and O–H groups in total. The third-order valence-corrected chi connectivity index (χ3v) is 3.57. The van der Waals surface area contributed by atoms with Crippen molar-refractivity contribution in [1.82, 2.24) is 10.2 Å². The van der Waals surface area contributed by atoms with Crippen molar-refractivity contribution in [3.63, 3.8) is 0 Å². The molecule has 0 radical (unpaired) electrons. The number of amides is 2. The van der Waals surface area contributed by atoms with Crippen LogP contribution in [-0.2, 0) is 9.53 Å². The first kappa shape index (κ1) is 15.5. The minimum atomic E-state index is -0.795. The summed E-state index contributed by atoms with van der Waals surface area (Å²) in [6.45, 7) is 1.62. The quantitative estimate of drug-likeness (QED) is 0.520. The molecule has 0 bridgehead atoms. The summed E-state index contributed by atoms with van der Waals surface area (Å²) in [5.41, 5.74) is 1.00. The maximum Gasteiger partial charge on any atom is 0.337 e. The van der Waals surface area contributed by atoms with Crippen molar-refractivity contribution in [2.45, 2.75) is 13.0 Å². The van der Waals surface area contributed by atoms with Gasteiger partial charge in [0.1, 0.15) is 0 Å².